The molecule has 0 spiro atoms. The zero-order valence-electron chi connectivity index (χ0n) is 10.3. The molecular weight excluding hydrogens is 279 g/mol. The molecule has 1 rings (SSSR count). The third-order valence-electron chi connectivity index (χ3n) is 2.39. The Morgan fingerprint density at radius 3 is 2.68 bits per heavy atom. The summed E-state index contributed by atoms with van der Waals surface area (Å²) < 4.78 is 43.8. The van der Waals surface area contributed by atoms with Gasteiger partial charge in [-0.1, -0.05) is 0 Å². The summed E-state index contributed by atoms with van der Waals surface area (Å²) in [5.41, 5.74) is -0.886. The van der Waals surface area contributed by atoms with Crippen LogP contribution in [-0.2, 0) is 14.8 Å². The van der Waals surface area contributed by atoms with Gasteiger partial charge < -0.3 is 4.74 Å². The number of nitro groups is 1. The van der Waals surface area contributed by atoms with Crippen molar-refractivity contribution in [3.8, 4) is 0 Å². The Morgan fingerprint density at radius 2 is 2.16 bits per heavy atom. The van der Waals surface area contributed by atoms with E-state index in [1.54, 1.807) is 6.92 Å². The Kier molecular flexibility index (Phi) is 4.92. The van der Waals surface area contributed by atoms with Crippen LogP contribution in [0.15, 0.2) is 23.1 Å². The van der Waals surface area contributed by atoms with E-state index in [0.717, 1.165) is 12.1 Å². The van der Waals surface area contributed by atoms with Crippen molar-refractivity contribution in [2.75, 3.05) is 13.7 Å². The normalized spacial score (nSPS) is 13.2. The minimum atomic E-state index is -3.94. The van der Waals surface area contributed by atoms with Gasteiger partial charge in [-0.25, -0.2) is 13.1 Å². The molecule has 0 aliphatic heterocycles. The predicted octanol–water partition coefficient (Wildman–Crippen LogP) is 1.05. The van der Waals surface area contributed by atoms with Crippen LogP contribution < -0.4 is 4.72 Å². The van der Waals surface area contributed by atoms with Gasteiger partial charge in [0.25, 0.3) is 0 Å². The van der Waals surface area contributed by atoms with Crippen molar-refractivity contribution in [3.05, 3.63) is 34.1 Å². The maximum atomic E-state index is 13.1. The van der Waals surface area contributed by atoms with E-state index in [4.69, 9.17) is 4.74 Å². The molecule has 1 aromatic carbocycles. The fraction of sp³-hybridized carbons (Fsp3) is 0.400. The number of rotatable bonds is 6. The van der Waals surface area contributed by atoms with Crippen LogP contribution in [-0.4, -0.2) is 33.1 Å². The highest BCUT2D eigenvalue weighted by Gasteiger charge is 2.21. The lowest BCUT2D eigenvalue weighted by Gasteiger charge is -2.11. The summed E-state index contributed by atoms with van der Waals surface area (Å²) in [6.07, 6.45) is -0.356. The van der Waals surface area contributed by atoms with Crippen molar-refractivity contribution in [2.45, 2.75) is 17.9 Å². The van der Waals surface area contributed by atoms with Gasteiger partial charge in [0.2, 0.25) is 15.8 Å². The first-order valence-corrected chi connectivity index (χ1v) is 6.72. The number of halogens is 1. The van der Waals surface area contributed by atoms with Gasteiger partial charge >= 0.3 is 5.69 Å². The molecule has 1 aromatic rings. The number of sulfonamides is 1. The molecular formula is C10H13FN2O5S. The van der Waals surface area contributed by atoms with Crippen LogP contribution in [0, 0.1) is 15.9 Å². The molecule has 1 atom stereocenters. The van der Waals surface area contributed by atoms with E-state index in [1.807, 2.05) is 0 Å². The molecule has 0 aliphatic rings. The highest BCUT2D eigenvalue weighted by Crippen LogP contribution is 2.21. The number of methoxy groups -OCH3 is 1. The first-order valence-electron chi connectivity index (χ1n) is 5.24. The van der Waals surface area contributed by atoms with Crippen molar-refractivity contribution in [1.29, 1.82) is 0 Å². The smallest absolute Gasteiger partial charge is 0.306 e. The van der Waals surface area contributed by atoms with Crippen LogP contribution >= 0.6 is 0 Å². The molecule has 0 saturated heterocycles. The average Bonchev–Trinajstić information content (AvgIpc) is 2.35. The van der Waals surface area contributed by atoms with Crippen LogP contribution in [0.5, 0.6) is 0 Å². The van der Waals surface area contributed by atoms with Gasteiger partial charge in [-0.05, 0) is 19.1 Å². The first kappa shape index (κ1) is 15.5. The largest absolute Gasteiger partial charge is 0.380 e. The van der Waals surface area contributed by atoms with E-state index < -0.39 is 26.5 Å². The second-order valence-electron chi connectivity index (χ2n) is 3.77. The minimum Gasteiger partial charge on any atom is -0.380 e. The van der Waals surface area contributed by atoms with Crippen LogP contribution in [0.25, 0.3) is 0 Å². The topological polar surface area (TPSA) is 98.5 Å². The fourth-order valence-electron chi connectivity index (χ4n) is 1.19. The van der Waals surface area contributed by atoms with Gasteiger partial charge in [0.05, 0.1) is 15.9 Å². The highest BCUT2D eigenvalue weighted by atomic mass is 32.2. The molecule has 0 radical (unpaired) electrons. The zero-order valence-corrected chi connectivity index (χ0v) is 11.1. The van der Waals surface area contributed by atoms with E-state index in [9.17, 15) is 22.9 Å². The van der Waals surface area contributed by atoms with Crippen LogP contribution in [0.2, 0.25) is 0 Å². The second kappa shape index (κ2) is 6.04. The summed E-state index contributed by atoms with van der Waals surface area (Å²) in [4.78, 5) is 9.19. The number of nitrogens with one attached hydrogen (secondary N) is 1. The molecule has 0 heterocycles. The number of benzene rings is 1. The summed E-state index contributed by atoms with van der Waals surface area (Å²) in [7, 11) is -2.52. The summed E-state index contributed by atoms with van der Waals surface area (Å²) >= 11 is 0. The van der Waals surface area contributed by atoms with E-state index in [0.29, 0.717) is 6.07 Å². The van der Waals surface area contributed by atoms with Crippen LogP contribution in [0.3, 0.4) is 0 Å². The molecule has 7 nitrogen and oxygen atoms in total. The van der Waals surface area contributed by atoms with E-state index in [2.05, 4.69) is 4.72 Å². The molecule has 0 amide bonds. The summed E-state index contributed by atoms with van der Waals surface area (Å²) in [5, 5.41) is 10.5. The molecule has 106 valence electrons. The van der Waals surface area contributed by atoms with Crippen LogP contribution in [0.4, 0.5) is 10.1 Å². The fourth-order valence-corrected chi connectivity index (χ4v) is 2.33. The molecule has 0 aromatic heterocycles. The Morgan fingerprint density at radius 1 is 1.53 bits per heavy atom. The van der Waals surface area contributed by atoms with E-state index >= 15 is 0 Å². The molecule has 1 unspecified atom stereocenters. The van der Waals surface area contributed by atoms with Gasteiger partial charge in [0, 0.05) is 19.7 Å². The lowest BCUT2D eigenvalue weighted by atomic mass is 10.3. The molecule has 0 aliphatic carbocycles. The Hall–Kier alpha value is -1.58. The predicted molar refractivity (Wildman–Crippen MR) is 64.7 cm³/mol. The molecule has 0 saturated carbocycles. The Bertz CT molecular complexity index is 575. The maximum Gasteiger partial charge on any atom is 0.306 e. The summed E-state index contributed by atoms with van der Waals surface area (Å²) in [5.74, 6) is -1.09. The van der Waals surface area contributed by atoms with Crippen molar-refractivity contribution in [1.82, 2.24) is 4.72 Å². The van der Waals surface area contributed by atoms with Gasteiger partial charge in [-0.3, -0.25) is 10.1 Å². The number of hydrogen-bond donors (Lipinski definition) is 1. The van der Waals surface area contributed by atoms with Gasteiger partial charge in [-0.2, -0.15) is 4.39 Å². The SMILES string of the molecule is COC(C)CNS(=O)(=O)c1ccc(F)c([N+](=O)[O-])c1. The standard InChI is InChI=1S/C10H13FN2O5S/c1-7(18-2)6-12-19(16,17)8-3-4-9(11)10(5-8)13(14)15/h3-5,7,12H,6H2,1-2H3. The minimum absolute atomic E-state index is 0.00398. The first-order chi connectivity index (χ1) is 8.77. The number of ether oxygens (including phenoxy) is 1. The summed E-state index contributed by atoms with van der Waals surface area (Å²) in [6, 6.07) is 2.38. The van der Waals surface area contributed by atoms with Crippen molar-refractivity contribution in [2.24, 2.45) is 0 Å². The van der Waals surface area contributed by atoms with Gasteiger partial charge in [0.15, 0.2) is 0 Å². The lowest BCUT2D eigenvalue weighted by molar-refractivity contribution is -0.387. The van der Waals surface area contributed by atoms with Crippen molar-refractivity contribution in [3.63, 3.8) is 0 Å². The number of nitrogens with zero attached hydrogens (tertiary/aromatic N) is 1. The van der Waals surface area contributed by atoms with Crippen LogP contribution in [0.1, 0.15) is 6.92 Å². The maximum absolute atomic E-state index is 13.1. The zero-order chi connectivity index (χ0) is 14.6. The number of nitro benzene ring substituents is 1. The molecule has 0 bridgehead atoms. The van der Waals surface area contributed by atoms with E-state index in [-0.39, 0.29) is 17.5 Å². The third kappa shape index (κ3) is 3.94. The quantitative estimate of drug-likeness (QED) is 0.624. The van der Waals surface area contributed by atoms with Crippen molar-refractivity contribution >= 4 is 15.7 Å². The molecule has 19 heavy (non-hydrogen) atoms. The average molecular weight is 292 g/mol. The molecule has 1 N–H and O–H groups in total. The Labute approximate surface area is 109 Å². The van der Waals surface area contributed by atoms with Gasteiger partial charge in [0.1, 0.15) is 0 Å². The van der Waals surface area contributed by atoms with E-state index in [1.165, 1.54) is 7.11 Å². The highest BCUT2D eigenvalue weighted by molar-refractivity contribution is 7.89. The monoisotopic (exact) mass is 292 g/mol. The van der Waals surface area contributed by atoms with Gasteiger partial charge in [-0.15, -0.1) is 0 Å². The third-order valence-corrected chi connectivity index (χ3v) is 3.81. The molecule has 9 heteroatoms. The molecule has 0 fully saturated rings. The summed E-state index contributed by atoms with van der Waals surface area (Å²) in [6.45, 7) is 1.65. The van der Waals surface area contributed by atoms with Crippen molar-refractivity contribution < 1.29 is 22.5 Å². The Balaban J connectivity index is 3.02. The second-order valence-corrected chi connectivity index (χ2v) is 5.54. The lowest BCUT2D eigenvalue weighted by Crippen LogP contribution is -2.31. The number of hydrogen-bond acceptors (Lipinski definition) is 5.